The molecule has 0 unspecified atom stereocenters. The molecule has 0 aliphatic heterocycles. The quantitative estimate of drug-likeness (QED) is 0.345. The van der Waals surface area contributed by atoms with E-state index in [1.54, 1.807) is 0 Å². The molecule has 0 N–H and O–H groups in total. The minimum atomic E-state index is 0. The molecule has 0 aliphatic carbocycles. The third kappa shape index (κ3) is 11.2. The molecule has 0 amide bonds. The maximum atomic E-state index is 9.84. The first-order valence-electron chi connectivity index (χ1n) is 3.85. The van der Waals surface area contributed by atoms with Crippen LogP contribution in [0.2, 0.25) is 0 Å². The molecule has 0 aromatic carbocycles. The Bertz CT molecular complexity index is 64.3. The summed E-state index contributed by atoms with van der Waals surface area (Å²) < 4.78 is 0. The summed E-state index contributed by atoms with van der Waals surface area (Å²) in [4.78, 5) is 9.84. The predicted molar refractivity (Wildman–Crippen MR) is 39.4 cm³/mol. The van der Waals surface area contributed by atoms with Crippen LogP contribution in [-0.4, -0.2) is 6.29 Å². The molecular formula is C8H16OTi. The Hall–Kier alpha value is 0.384. The van der Waals surface area contributed by atoms with Crippen LogP contribution >= 0.6 is 0 Å². The van der Waals surface area contributed by atoms with Crippen molar-refractivity contribution in [2.24, 2.45) is 0 Å². The van der Waals surface area contributed by atoms with Gasteiger partial charge in [0, 0.05) is 28.1 Å². The van der Waals surface area contributed by atoms with E-state index in [4.69, 9.17) is 0 Å². The van der Waals surface area contributed by atoms with Gasteiger partial charge in [0.1, 0.15) is 6.29 Å². The van der Waals surface area contributed by atoms with Gasteiger partial charge in [-0.3, -0.25) is 0 Å². The molecule has 0 bridgehead atoms. The van der Waals surface area contributed by atoms with Crippen molar-refractivity contribution < 1.29 is 26.5 Å². The van der Waals surface area contributed by atoms with Gasteiger partial charge in [0.15, 0.2) is 0 Å². The molecule has 0 aliphatic rings. The zero-order valence-electron chi connectivity index (χ0n) is 6.73. The van der Waals surface area contributed by atoms with Crippen molar-refractivity contribution in [3.8, 4) is 0 Å². The van der Waals surface area contributed by atoms with Crippen molar-refractivity contribution in [3.63, 3.8) is 0 Å². The largest absolute Gasteiger partial charge is 0.303 e. The maximum Gasteiger partial charge on any atom is 0.119 e. The van der Waals surface area contributed by atoms with Crippen LogP contribution in [-0.2, 0) is 26.5 Å². The van der Waals surface area contributed by atoms with Gasteiger partial charge in [-0.05, 0) is 6.42 Å². The van der Waals surface area contributed by atoms with Crippen molar-refractivity contribution in [2.45, 2.75) is 45.4 Å². The van der Waals surface area contributed by atoms with E-state index in [-0.39, 0.29) is 21.7 Å². The first-order valence-corrected chi connectivity index (χ1v) is 3.85. The van der Waals surface area contributed by atoms with Crippen LogP contribution < -0.4 is 0 Å². The summed E-state index contributed by atoms with van der Waals surface area (Å²) in [5, 5.41) is 0. The smallest absolute Gasteiger partial charge is 0.119 e. The summed E-state index contributed by atoms with van der Waals surface area (Å²) >= 11 is 0. The van der Waals surface area contributed by atoms with Gasteiger partial charge >= 0.3 is 0 Å². The standard InChI is InChI=1S/C8H16O.Ti/c1-2-3-4-5-6-7-8-9;/h8H,2-7H2,1H3;. The maximum absolute atomic E-state index is 9.84. The Balaban J connectivity index is 0. The molecule has 0 atom stereocenters. The third-order valence-electron chi connectivity index (χ3n) is 1.43. The van der Waals surface area contributed by atoms with E-state index < -0.39 is 0 Å². The van der Waals surface area contributed by atoms with Crippen LogP contribution in [0.4, 0.5) is 0 Å². The number of carbonyl (C=O) groups excluding carboxylic acids is 1. The first kappa shape index (κ1) is 13.0. The summed E-state index contributed by atoms with van der Waals surface area (Å²) in [6, 6.07) is 0. The molecule has 0 saturated heterocycles. The Morgan fingerprint density at radius 2 is 1.70 bits per heavy atom. The molecule has 0 rings (SSSR count). The molecule has 10 heavy (non-hydrogen) atoms. The monoisotopic (exact) mass is 176 g/mol. The van der Waals surface area contributed by atoms with Crippen molar-refractivity contribution >= 4 is 6.29 Å². The SMILES string of the molecule is CCCCCCCC=O.[Ti]. The van der Waals surface area contributed by atoms with Gasteiger partial charge < -0.3 is 4.79 Å². The van der Waals surface area contributed by atoms with E-state index in [1.807, 2.05) is 0 Å². The zero-order chi connectivity index (χ0) is 6.95. The van der Waals surface area contributed by atoms with Crippen molar-refractivity contribution in [1.29, 1.82) is 0 Å². The molecule has 0 aromatic heterocycles. The van der Waals surface area contributed by atoms with Crippen LogP contribution in [0, 0.1) is 0 Å². The van der Waals surface area contributed by atoms with Crippen LogP contribution in [0.15, 0.2) is 0 Å². The second-order valence-electron chi connectivity index (χ2n) is 2.37. The van der Waals surface area contributed by atoms with Crippen molar-refractivity contribution in [2.75, 3.05) is 0 Å². The molecule has 0 saturated carbocycles. The molecule has 0 fully saturated rings. The van der Waals surface area contributed by atoms with E-state index in [1.165, 1.54) is 25.7 Å². The summed E-state index contributed by atoms with van der Waals surface area (Å²) in [6.07, 6.45) is 7.97. The van der Waals surface area contributed by atoms with Gasteiger partial charge in [-0.15, -0.1) is 0 Å². The average Bonchev–Trinajstić information content (AvgIpc) is 1.89. The minimum Gasteiger partial charge on any atom is -0.303 e. The summed E-state index contributed by atoms with van der Waals surface area (Å²) in [6.45, 7) is 2.19. The fourth-order valence-corrected chi connectivity index (χ4v) is 0.831. The Labute approximate surface area is 78.5 Å². The van der Waals surface area contributed by atoms with E-state index in [2.05, 4.69) is 6.92 Å². The van der Waals surface area contributed by atoms with Crippen LogP contribution in [0.3, 0.4) is 0 Å². The summed E-state index contributed by atoms with van der Waals surface area (Å²) in [5.41, 5.74) is 0. The van der Waals surface area contributed by atoms with Crippen LogP contribution in [0.5, 0.6) is 0 Å². The van der Waals surface area contributed by atoms with E-state index in [0.29, 0.717) is 0 Å². The van der Waals surface area contributed by atoms with Gasteiger partial charge in [0.05, 0.1) is 0 Å². The number of hydrogen-bond donors (Lipinski definition) is 0. The Morgan fingerprint density at radius 1 is 1.10 bits per heavy atom. The van der Waals surface area contributed by atoms with Crippen molar-refractivity contribution in [1.82, 2.24) is 0 Å². The average molecular weight is 176 g/mol. The topological polar surface area (TPSA) is 17.1 Å². The number of aldehydes is 1. The number of unbranched alkanes of at least 4 members (excludes halogenated alkanes) is 5. The predicted octanol–water partition coefficient (Wildman–Crippen LogP) is 2.54. The van der Waals surface area contributed by atoms with Gasteiger partial charge in [-0.1, -0.05) is 32.6 Å². The molecule has 0 heterocycles. The number of rotatable bonds is 6. The molecule has 58 valence electrons. The van der Waals surface area contributed by atoms with Crippen LogP contribution in [0.1, 0.15) is 45.4 Å². The van der Waals surface area contributed by atoms with Gasteiger partial charge in [0.2, 0.25) is 0 Å². The van der Waals surface area contributed by atoms with Gasteiger partial charge in [0.25, 0.3) is 0 Å². The first-order chi connectivity index (χ1) is 4.41. The molecular weight excluding hydrogens is 160 g/mol. The van der Waals surface area contributed by atoms with Gasteiger partial charge in [-0.25, -0.2) is 0 Å². The number of carbonyl (C=O) groups is 1. The molecule has 2 heteroatoms. The fourth-order valence-electron chi connectivity index (χ4n) is 0.831. The molecule has 0 radical (unpaired) electrons. The zero-order valence-corrected chi connectivity index (χ0v) is 8.29. The minimum absolute atomic E-state index is 0. The normalized spacial score (nSPS) is 8.50. The second kappa shape index (κ2) is 12.1. The summed E-state index contributed by atoms with van der Waals surface area (Å²) in [7, 11) is 0. The van der Waals surface area contributed by atoms with Crippen molar-refractivity contribution in [3.05, 3.63) is 0 Å². The number of hydrogen-bond acceptors (Lipinski definition) is 1. The van der Waals surface area contributed by atoms with Crippen LogP contribution in [0.25, 0.3) is 0 Å². The molecule has 1 nitrogen and oxygen atoms in total. The molecule has 0 aromatic rings. The Kier molecular flexibility index (Phi) is 15.7. The van der Waals surface area contributed by atoms with E-state index in [0.717, 1.165) is 19.1 Å². The van der Waals surface area contributed by atoms with E-state index in [9.17, 15) is 4.79 Å². The molecule has 0 spiro atoms. The Morgan fingerprint density at radius 3 is 2.20 bits per heavy atom. The third-order valence-corrected chi connectivity index (χ3v) is 1.43. The van der Waals surface area contributed by atoms with E-state index >= 15 is 0 Å². The van der Waals surface area contributed by atoms with Gasteiger partial charge in [-0.2, -0.15) is 0 Å². The second-order valence-corrected chi connectivity index (χ2v) is 2.37. The summed E-state index contributed by atoms with van der Waals surface area (Å²) in [5.74, 6) is 0. The fraction of sp³-hybridized carbons (Fsp3) is 0.875.